The quantitative estimate of drug-likeness (QED) is 0.763. The third-order valence-electron chi connectivity index (χ3n) is 5.29. The van der Waals surface area contributed by atoms with Gasteiger partial charge in [0, 0.05) is 18.6 Å². The van der Waals surface area contributed by atoms with E-state index in [-0.39, 0.29) is 5.91 Å². The minimum atomic E-state index is -0.554. The normalized spacial score (nSPS) is 33.3. The number of rotatable bonds is 3. The molecule has 3 N–H and O–H groups in total. The Balaban J connectivity index is 1.69. The molecule has 2 unspecified atom stereocenters. The van der Waals surface area contributed by atoms with Crippen LogP contribution in [0, 0.1) is 5.41 Å². The van der Waals surface area contributed by atoms with Crippen LogP contribution in [0.1, 0.15) is 44.9 Å². The van der Waals surface area contributed by atoms with Gasteiger partial charge in [-0.25, -0.2) is 0 Å². The van der Waals surface area contributed by atoms with Crippen LogP contribution < -0.4 is 11.1 Å². The molecule has 3 rings (SSSR count). The molecule has 1 saturated carbocycles. The smallest absolute Gasteiger partial charge is 0.233 e. The van der Waals surface area contributed by atoms with Crippen LogP contribution in [0.3, 0.4) is 0 Å². The fourth-order valence-electron chi connectivity index (χ4n) is 4.12. The van der Waals surface area contributed by atoms with Gasteiger partial charge < -0.3 is 11.1 Å². The first-order valence-electron chi connectivity index (χ1n) is 7.48. The summed E-state index contributed by atoms with van der Waals surface area (Å²) in [6.07, 6.45) is 7.33. The number of hydrogen-bond acceptors (Lipinski definition) is 3. The Kier molecular flexibility index (Phi) is 3.52. The van der Waals surface area contributed by atoms with Crippen LogP contribution in [0.25, 0.3) is 0 Å². The van der Waals surface area contributed by atoms with E-state index in [0.717, 1.165) is 38.6 Å². The zero-order valence-corrected chi connectivity index (χ0v) is 12.2. The number of nitrogens with two attached hydrogens (primary N) is 1. The molecule has 2 heterocycles. The summed E-state index contributed by atoms with van der Waals surface area (Å²) in [7, 11) is 0. The summed E-state index contributed by atoms with van der Waals surface area (Å²) in [5, 5.41) is 3.27. The molecule has 2 aliphatic heterocycles. The molecule has 3 fully saturated rings. The van der Waals surface area contributed by atoms with Crippen molar-refractivity contribution in [3.8, 4) is 0 Å². The summed E-state index contributed by atoms with van der Waals surface area (Å²) in [6.45, 7) is 2.31. The lowest BCUT2D eigenvalue weighted by Gasteiger charge is -2.30. The van der Waals surface area contributed by atoms with Crippen LogP contribution in [0.2, 0.25) is 0 Å². The van der Waals surface area contributed by atoms with Crippen molar-refractivity contribution in [2.75, 3.05) is 13.1 Å². The highest BCUT2D eigenvalue weighted by Crippen LogP contribution is 2.39. The molecule has 0 spiro atoms. The Morgan fingerprint density at radius 3 is 2.63 bits per heavy atom. The van der Waals surface area contributed by atoms with Crippen molar-refractivity contribution in [2.24, 2.45) is 11.1 Å². The third-order valence-corrected chi connectivity index (χ3v) is 5.68. The number of amides is 1. The molecule has 19 heavy (non-hydrogen) atoms. The van der Waals surface area contributed by atoms with Gasteiger partial charge in [-0.2, -0.15) is 0 Å². The third kappa shape index (κ3) is 2.17. The monoisotopic (exact) mass is 281 g/mol. The molecule has 0 aromatic rings. The fourth-order valence-corrected chi connectivity index (χ4v) is 4.42. The van der Waals surface area contributed by atoms with Crippen LogP contribution >= 0.6 is 12.2 Å². The van der Waals surface area contributed by atoms with Gasteiger partial charge in [-0.1, -0.05) is 25.1 Å². The Hall–Kier alpha value is -0.680. The summed E-state index contributed by atoms with van der Waals surface area (Å²) in [5.74, 6) is 0.0938. The van der Waals surface area contributed by atoms with Crippen molar-refractivity contribution >= 4 is 23.1 Å². The zero-order valence-electron chi connectivity index (χ0n) is 11.4. The number of carbonyl (C=O) groups excluding carboxylic acids is 1. The average molecular weight is 281 g/mol. The second kappa shape index (κ2) is 5.02. The maximum Gasteiger partial charge on any atom is 0.233 e. The molecule has 2 saturated heterocycles. The molecule has 1 aliphatic carbocycles. The Morgan fingerprint density at radius 2 is 1.95 bits per heavy atom. The second-order valence-electron chi connectivity index (χ2n) is 6.27. The van der Waals surface area contributed by atoms with Gasteiger partial charge in [0.25, 0.3) is 0 Å². The minimum Gasteiger partial charge on any atom is -0.392 e. The van der Waals surface area contributed by atoms with E-state index in [1.165, 1.54) is 19.4 Å². The summed E-state index contributed by atoms with van der Waals surface area (Å²) < 4.78 is 0. The number of nitrogens with one attached hydrogen (secondary N) is 1. The fraction of sp³-hybridized carbons (Fsp3) is 0.857. The Bertz CT molecular complexity index is 392. The van der Waals surface area contributed by atoms with Crippen molar-refractivity contribution in [3.63, 3.8) is 0 Å². The molecule has 106 valence electrons. The van der Waals surface area contributed by atoms with Gasteiger partial charge in [0.2, 0.25) is 5.91 Å². The van der Waals surface area contributed by atoms with E-state index in [1.807, 2.05) is 0 Å². The molecule has 3 aliphatic rings. The number of carbonyl (C=O) groups is 1. The molecule has 1 amide bonds. The van der Waals surface area contributed by atoms with Crippen LogP contribution in [0.5, 0.6) is 0 Å². The number of hydrogen-bond donors (Lipinski definition) is 2. The first kappa shape index (κ1) is 13.3. The van der Waals surface area contributed by atoms with Crippen molar-refractivity contribution < 1.29 is 4.79 Å². The first-order chi connectivity index (χ1) is 9.13. The highest BCUT2D eigenvalue weighted by Gasteiger charge is 2.46. The highest BCUT2D eigenvalue weighted by atomic mass is 32.1. The lowest BCUT2D eigenvalue weighted by Crippen LogP contribution is -2.52. The van der Waals surface area contributed by atoms with Crippen molar-refractivity contribution in [2.45, 2.75) is 57.0 Å². The molecule has 2 atom stereocenters. The van der Waals surface area contributed by atoms with Crippen LogP contribution in [0.4, 0.5) is 0 Å². The van der Waals surface area contributed by atoms with Crippen molar-refractivity contribution in [3.05, 3.63) is 0 Å². The largest absolute Gasteiger partial charge is 0.392 e. The molecule has 0 aromatic carbocycles. The number of thiocarbonyl (C=S) groups is 1. The van der Waals surface area contributed by atoms with Crippen molar-refractivity contribution in [1.82, 2.24) is 10.2 Å². The lowest BCUT2D eigenvalue weighted by molar-refractivity contribution is -0.128. The van der Waals surface area contributed by atoms with Crippen molar-refractivity contribution in [1.29, 1.82) is 0 Å². The molecular formula is C14H23N3OS. The minimum absolute atomic E-state index is 0.0938. The van der Waals surface area contributed by atoms with Gasteiger partial charge in [-0.3, -0.25) is 9.69 Å². The Morgan fingerprint density at radius 1 is 1.21 bits per heavy atom. The maximum atomic E-state index is 12.7. The molecule has 0 bridgehead atoms. The van der Waals surface area contributed by atoms with Gasteiger partial charge in [-0.05, 0) is 38.6 Å². The maximum absolute atomic E-state index is 12.7. The molecule has 0 aromatic heterocycles. The van der Waals surface area contributed by atoms with E-state index in [0.29, 0.717) is 17.1 Å². The number of fused-ring (bicyclic) bond motifs is 1. The van der Waals surface area contributed by atoms with E-state index in [4.69, 9.17) is 18.0 Å². The average Bonchev–Trinajstić information content (AvgIpc) is 3.05. The van der Waals surface area contributed by atoms with Crippen LogP contribution in [-0.4, -0.2) is 41.0 Å². The standard InChI is InChI=1S/C14H23N3OS/c15-12(19)14(6-1-2-7-14)13(18)16-10-5-9-17-8-3-4-11(10)17/h10-11H,1-9H2,(H2,15,19)(H,16,18). The zero-order chi connectivity index (χ0) is 13.5. The van der Waals surface area contributed by atoms with E-state index < -0.39 is 5.41 Å². The van der Waals surface area contributed by atoms with Gasteiger partial charge in [0.05, 0.1) is 10.4 Å². The van der Waals surface area contributed by atoms with Crippen LogP contribution in [0.15, 0.2) is 0 Å². The summed E-state index contributed by atoms with van der Waals surface area (Å²) in [6, 6.07) is 0.857. The van der Waals surface area contributed by atoms with E-state index in [1.54, 1.807) is 0 Å². The predicted octanol–water partition coefficient (Wildman–Crippen LogP) is 1.19. The molecule has 4 nitrogen and oxygen atoms in total. The SMILES string of the molecule is NC(=S)C1(C(=O)NC2CCN3CCCC23)CCCC1. The summed E-state index contributed by atoms with van der Waals surface area (Å²) >= 11 is 5.18. The van der Waals surface area contributed by atoms with Crippen LogP contribution in [-0.2, 0) is 4.79 Å². The summed E-state index contributed by atoms with van der Waals surface area (Å²) in [5.41, 5.74) is 5.32. The van der Waals surface area contributed by atoms with Gasteiger partial charge in [-0.15, -0.1) is 0 Å². The first-order valence-corrected chi connectivity index (χ1v) is 7.89. The summed E-state index contributed by atoms with van der Waals surface area (Å²) in [4.78, 5) is 15.6. The highest BCUT2D eigenvalue weighted by molar-refractivity contribution is 7.80. The van der Waals surface area contributed by atoms with E-state index >= 15 is 0 Å². The molecular weight excluding hydrogens is 258 g/mol. The lowest BCUT2D eigenvalue weighted by atomic mass is 9.84. The Labute approximate surface area is 120 Å². The molecule has 5 heteroatoms. The second-order valence-corrected chi connectivity index (χ2v) is 6.71. The van der Waals surface area contributed by atoms with E-state index in [9.17, 15) is 4.79 Å². The van der Waals surface area contributed by atoms with Gasteiger partial charge in [0.15, 0.2) is 0 Å². The van der Waals surface area contributed by atoms with E-state index in [2.05, 4.69) is 10.2 Å². The number of nitrogens with zero attached hydrogens (tertiary/aromatic N) is 1. The van der Waals surface area contributed by atoms with Gasteiger partial charge in [0.1, 0.15) is 0 Å². The predicted molar refractivity (Wildman–Crippen MR) is 78.8 cm³/mol. The van der Waals surface area contributed by atoms with Gasteiger partial charge >= 0.3 is 0 Å². The molecule has 0 radical (unpaired) electrons. The topological polar surface area (TPSA) is 58.4 Å².